The van der Waals surface area contributed by atoms with E-state index in [2.05, 4.69) is 42.8 Å². The van der Waals surface area contributed by atoms with Gasteiger partial charge in [0.15, 0.2) is 11.9 Å². The van der Waals surface area contributed by atoms with E-state index in [1.165, 1.54) is 57.2 Å². The summed E-state index contributed by atoms with van der Waals surface area (Å²) in [5, 5.41) is 0. The van der Waals surface area contributed by atoms with E-state index in [1.54, 1.807) is 0 Å². The molecule has 0 aliphatic carbocycles. The van der Waals surface area contributed by atoms with E-state index in [0.717, 1.165) is 0 Å². The number of hydrogen-bond donors (Lipinski definition) is 0. The SMILES string of the molecule is CCCCCC[n+]1ccccc1CCCC. The van der Waals surface area contributed by atoms with Crippen LogP contribution in [0.4, 0.5) is 0 Å². The van der Waals surface area contributed by atoms with Crippen molar-refractivity contribution in [3.8, 4) is 0 Å². The molecule has 0 radical (unpaired) electrons. The number of unbranched alkanes of at least 4 members (excludes halogenated alkanes) is 4. The molecular formula is C15H26N+. The average Bonchev–Trinajstić information content (AvgIpc) is 2.33. The zero-order valence-electron chi connectivity index (χ0n) is 10.9. The highest BCUT2D eigenvalue weighted by Gasteiger charge is 2.07. The minimum absolute atomic E-state index is 1.19. The zero-order valence-corrected chi connectivity index (χ0v) is 10.9. The van der Waals surface area contributed by atoms with E-state index < -0.39 is 0 Å². The Morgan fingerprint density at radius 2 is 1.75 bits per heavy atom. The van der Waals surface area contributed by atoms with Crippen LogP contribution in [0.2, 0.25) is 0 Å². The fraction of sp³-hybridized carbons (Fsp3) is 0.667. The van der Waals surface area contributed by atoms with E-state index in [0.29, 0.717) is 0 Å². The van der Waals surface area contributed by atoms with Crippen LogP contribution in [0, 0.1) is 0 Å². The number of hydrogen-bond acceptors (Lipinski definition) is 0. The average molecular weight is 220 g/mol. The summed E-state index contributed by atoms with van der Waals surface area (Å²) >= 11 is 0. The molecule has 1 aromatic rings. The third-order valence-corrected chi connectivity index (χ3v) is 3.07. The Morgan fingerprint density at radius 1 is 0.938 bits per heavy atom. The summed E-state index contributed by atoms with van der Waals surface area (Å²) in [6.07, 6.45) is 11.4. The van der Waals surface area contributed by atoms with Gasteiger partial charge in [-0.15, -0.1) is 0 Å². The Morgan fingerprint density at radius 3 is 2.50 bits per heavy atom. The van der Waals surface area contributed by atoms with Gasteiger partial charge in [0.05, 0.1) is 0 Å². The molecule has 0 spiro atoms. The van der Waals surface area contributed by atoms with Crippen molar-refractivity contribution in [2.75, 3.05) is 0 Å². The largest absolute Gasteiger partial charge is 0.202 e. The molecule has 0 aromatic carbocycles. The Bertz CT molecular complexity index is 281. The summed E-state index contributed by atoms with van der Waals surface area (Å²) in [7, 11) is 0. The van der Waals surface area contributed by atoms with E-state index in [-0.39, 0.29) is 0 Å². The van der Waals surface area contributed by atoms with Gasteiger partial charge in [-0.25, -0.2) is 4.57 Å². The molecule has 90 valence electrons. The molecular weight excluding hydrogens is 194 g/mol. The lowest BCUT2D eigenvalue weighted by Crippen LogP contribution is -2.37. The third kappa shape index (κ3) is 4.78. The molecule has 0 N–H and O–H groups in total. The molecule has 0 saturated heterocycles. The van der Waals surface area contributed by atoms with Crippen LogP contribution in [0.1, 0.15) is 58.1 Å². The topological polar surface area (TPSA) is 3.88 Å². The third-order valence-electron chi connectivity index (χ3n) is 3.07. The Labute approximate surface area is 101 Å². The number of aryl methyl sites for hydroxylation is 2. The minimum atomic E-state index is 1.19. The normalized spacial score (nSPS) is 10.6. The first-order chi connectivity index (χ1) is 7.88. The van der Waals surface area contributed by atoms with Crippen molar-refractivity contribution in [2.24, 2.45) is 0 Å². The Hall–Kier alpha value is -0.850. The van der Waals surface area contributed by atoms with Gasteiger partial charge in [0, 0.05) is 25.0 Å². The van der Waals surface area contributed by atoms with E-state index in [9.17, 15) is 0 Å². The highest BCUT2D eigenvalue weighted by Crippen LogP contribution is 2.02. The van der Waals surface area contributed by atoms with Crippen LogP contribution in [-0.2, 0) is 13.0 Å². The van der Waals surface area contributed by atoms with Gasteiger partial charge < -0.3 is 0 Å². The first-order valence-electron chi connectivity index (χ1n) is 6.85. The fourth-order valence-corrected chi connectivity index (χ4v) is 2.02. The van der Waals surface area contributed by atoms with Crippen LogP contribution in [0.25, 0.3) is 0 Å². The number of nitrogens with zero attached hydrogens (tertiary/aromatic N) is 1. The van der Waals surface area contributed by atoms with Gasteiger partial charge in [0.1, 0.15) is 6.54 Å². The lowest BCUT2D eigenvalue weighted by Gasteiger charge is -2.03. The smallest absolute Gasteiger partial charge is 0.181 e. The molecule has 1 aromatic heterocycles. The van der Waals surface area contributed by atoms with E-state index in [4.69, 9.17) is 0 Å². The fourth-order valence-electron chi connectivity index (χ4n) is 2.02. The maximum Gasteiger partial charge on any atom is 0.181 e. The summed E-state index contributed by atoms with van der Waals surface area (Å²) in [5.41, 5.74) is 1.50. The van der Waals surface area contributed by atoms with Gasteiger partial charge in [-0.05, 0) is 12.8 Å². The van der Waals surface area contributed by atoms with Gasteiger partial charge >= 0.3 is 0 Å². The predicted octanol–water partition coefficient (Wildman–Crippen LogP) is 3.90. The van der Waals surface area contributed by atoms with Gasteiger partial charge in [-0.3, -0.25) is 0 Å². The Balaban J connectivity index is 2.43. The van der Waals surface area contributed by atoms with Crippen LogP contribution in [0.15, 0.2) is 24.4 Å². The van der Waals surface area contributed by atoms with Gasteiger partial charge in [-0.2, -0.15) is 0 Å². The highest BCUT2D eigenvalue weighted by atomic mass is 14.9. The standard InChI is InChI=1S/C15H26N/c1-3-5-7-9-13-16-14-10-8-12-15(16)11-6-4-2/h8,10,12,14H,3-7,9,11,13H2,1-2H3/q+1. The van der Waals surface area contributed by atoms with Crippen molar-refractivity contribution < 1.29 is 4.57 Å². The lowest BCUT2D eigenvalue weighted by atomic mass is 10.1. The summed E-state index contributed by atoms with van der Waals surface area (Å²) < 4.78 is 2.44. The monoisotopic (exact) mass is 220 g/mol. The molecule has 1 rings (SSSR count). The van der Waals surface area contributed by atoms with Crippen molar-refractivity contribution in [1.29, 1.82) is 0 Å². The molecule has 0 fully saturated rings. The van der Waals surface area contributed by atoms with Crippen LogP contribution < -0.4 is 4.57 Å². The molecule has 1 nitrogen and oxygen atoms in total. The molecule has 0 unspecified atom stereocenters. The molecule has 0 aliphatic heterocycles. The first kappa shape index (κ1) is 13.2. The first-order valence-corrected chi connectivity index (χ1v) is 6.85. The van der Waals surface area contributed by atoms with Crippen LogP contribution in [0.5, 0.6) is 0 Å². The minimum Gasteiger partial charge on any atom is -0.202 e. The number of pyridine rings is 1. The van der Waals surface area contributed by atoms with Crippen molar-refractivity contribution in [1.82, 2.24) is 0 Å². The molecule has 0 atom stereocenters. The summed E-state index contributed by atoms with van der Waals surface area (Å²) in [6.45, 7) is 5.72. The molecule has 1 heteroatoms. The quantitative estimate of drug-likeness (QED) is 0.462. The molecule has 0 bridgehead atoms. The second kappa shape index (κ2) is 8.32. The van der Waals surface area contributed by atoms with E-state index >= 15 is 0 Å². The number of aromatic nitrogens is 1. The van der Waals surface area contributed by atoms with Crippen molar-refractivity contribution in [3.05, 3.63) is 30.1 Å². The van der Waals surface area contributed by atoms with Crippen molar-refractivity contribution in [3.63, 3.8) is 0 Å². The molecule has 0 aliphatic rings. The highest BCUT2D eigenvalue weighted by molar-refractivity contribution is 4.97. The van der Waals surface area contributed by atoms with E-state index in [1.807, 2.05) is 0 Å². The van der Waals surface area contributed by atoms with Crippen molar-refractivity contribution in [2.45, 2.75) is 65.3 Å². The molecule has 0 saturated carbocycles. The predicted molar refractivity (Wildman–Crippen MR) is 69.4 cm³/mol. The maximum atomic E-state index is 2.44. The molecule has 16 heavy (non-hydrogen) atoms. The van der Waals surface area contributed by atoms with Gasteiger partial charge in [-0.1, -0.05) is 39.2 Å². The van der Waals surface area contributed by atoms with Crippen LogP contribution in [-0.4, -0.2) is 0 Å². The summed E-state index contributed by atoms with van der Waals surface area (Å²) in [4.78, 5) is 0. The van der Waals surface area contributed by atoms with Crippen LogP contribution >= 0.6 is 0 Å². The molecule has 1 heterocycles. The summed E-state index contributed by atoms with van der Waals surface area (Å²) in [5.74, 6) is 0. The second-order valence-electron chi connectivity index (χ2n) is 4.55. The Kier molecular flexibility index (Phi) is 6.87. The van der Waals surface area contributed by atoms with Crippen LogP contribution in [0.3, 0.4) is 0 Å². The van der Waals surface area contributed by atoms with Gasteiger partial charge in [0.2, 0.25) is 0 Å². The second-order valence-corrected chi connectivity index (χ2v) is 4.55. The number of rotatable bonds is 8. The van der Waals surface area contributed by atoms with Gasteiger partial charge in [0.25, 0.3) is 0 Å². The van der Waals surface area contributed by atoms with Crippen molar-refractivity contribution >= 4 is 0 Å². The summed E-state index contributed by atoms with van der Waals surface area (Å²) in [6, 6.07) is 6.58. The lowest BCUT2D eigenvalue weighted by molar-refractivity contribution is -0.704. The zero-order chi connectivity index (χ0) is 11.6. The molecule has 0 amide bonds. The maximum absolute atomic E-state index is 2.44.